The van der Waals surface area contributed by atoms with Crippen molar-refractivity contribution in [2.24, 2.45) is 0 Å². The van der Waals surface area contributed by atoms with Crippen molar-refractivity contribution in [3.05, 3.63) is 89.1 Å². The van der Waals surface area contributed by atoms with Crippen LogP contribution in [0.1, 0.15) is 40.6 Å². The van der Waals surface area contributed by atoms with Crippen LogP contribution in [-0.2, 0) is 11.3 Å². The minimum atomic E-state index is -0.222. The van der Waals surface area contributed by atoms with Crippen LogP contribution < -0.4 is 5.43 Å². The molecule has 1 N–H and O–H groups in total. The summed E-state index contributed by atoms with van der Waals surface area (Å²) in [6.45, 7) is 6.43. The summed E-state index contributed by atoms with van der Waals surface area (Å²) in [5.74, 6) is 1.40. The van der Waals surface area contributed by atoms with Gasteiger partial charge in [0.2, 0.25) is 5.89 Å². The average molecular weight is 415 g/mol. The molecule has 2 atom stereocenters. The standard InChI is InChI=1S/C25H26N4O2/c1-16-4-8-19(9-5-16)21-14-23-25(30)28(12-13-29(23)27-21)15-22-18(3)31-24(26-22)20-10-6-17(2)7-11-20/h4-13,21,23,27H,14-15H2,1-3H3. The maximum Gasteiger partial charge on any atom is 0.251 e. The molecule has 6 nitrogen and oxygen atoms in total. The van der Waals surface area contributed by atoms with Gasteiger partial charge in [0.05, 0.1) is 12.6 Å². The molecule has 2 aliphatic rings. The Morgan fingerprint density at radius 3 is 2.39 bits per heavy atom. The Labute approximate surface area is 182 Å². The molecule has 3 heterocycles. The largest absolute Gasteiger partial charge is 0.441 e. The highest BCUT2D eigenvalue weighted by atomic mass is 16.4. The van der Waals surface area contributed by atoms with Crippen molar-refractivity contribution in [1.29, 1.82) is 0 Å². The number of rotatable bonds is 4. The molecule has 0 spiro atoms. The molecule has 1 aromatic heterocycles. The predicted octanol–water partition coefficient (Wildman–Crippen LogP) is 4.40. The molecule has 2 unspecified atom stereocenters. The summed E-state index contributed by atoms with van der Waals surface area (Å²) in [7, 11) is 0. The van der Waals surface area contributed by atoms with Crippen molar-refractivity contribution in [3.8, 4) is 11.5 Å². The van der Waals surface area contributed by atoms with Crippen molar-refractivity contribution in [2.75, 3.05) is 0 Å². The second-order valence-corrected chi connectivity index (χ2v) is 8.40. The van der Waals surface area contributed by atoms with Crippen molar-refractivity contribution in [1.82, 2.24) is 20.3 Å². The summed E-state index contributed by atoms with van der Waals surface area (Å²) in [6.07, 6.45) is 4.49. The minimum Gasteiger partial charge on any atom is -0.441 e. The summed E-state index contributed by atoms with van der Waals surface area (Å²) in [6, 6.07) is 16.5. The van der Waals surface area contributed by atoms with E-state index < -0.39 is 0 Å². The van der Waals surface area contributed by atoms with Crippen molar-refractivity contribution >= 4 is 5.91 Å². The molecular weight excluding hydrogens is 388 g/mol. The monoisotopic (exact) mass is 414 g/mol. The third-order valence-electron chi connectivity index (χ3n) is 6.07. The second kappa shape index (κ2) is 7.71. The Kier molecular flexibility index (Phi) is 4.87. The first kappa shape index (κ1) is 19.6. The molecule has 5 rings (SSSR count). The van der Waals surface area contributed by atoms with Gasteiger partial charge in [-0.3, -0.25) is 4.79 Å². The summed E-state index contributed by atoms with van der Waals surface area (Å²) < 4.78 is 5.89. The Morgan fingerprint density at radius 2 is 1.68 bits per heavy atom. The van der Waals surface area contributed by atoms with Crippen LogP contribution >= 0.6 is 0 Å². The summed E-state index contributed by atoms with van der Waals surface area (Å²) in [4.78, 5) is 19.6. The molecule has 2 aliphatic heterocycles. The number of carbonyl (C=O) groups excluding carboxylic acids is 1. The fourth-order valence-electron chi connectivity index (χ4n) is 4.14. The number of hydrogen-bond donors (Lipinski definition) is 1. The van der Waals surface area contributed by atoms with Gasteiger partial charge in [-0.2, -0.15) is 0 Å². The minimum absolute atomic E-state index is 0.0731. The number of aryl methyl sites for hydroxylation is 3. The lowest BCUT2D eigenvalue weighted by atomic mass is 10.00. The molecular formula is C25H26N4O2. The number of benzene rings is 2. The number of hydrazine groups is 1. The van der Waals surface area contributed by atoms with Crippen molar-refractivity contribution in [2.45, 2.75) is 45.8 Å². The lowest BCUT2D eigenvalue weighted by Gasteiger charge is -2.31. The van der Waals surface area contributed by atoms with Gasteiger partial charge < -0.3 is 14.3 Å². The first-order chi connectivity index (χ1) is 15.0. The summed E-state index contributed by atoms with van der Waals surface area (Å²) in [5, 5.41) is 1.93. The van der Waals surface area contributed by atoms with Gasteiger partial charge in [-0.15, -0.1) is 0 Å². The van der Waals surface area contributed by atoms with E-state index in [-0.39, 0.29) is 18.0 Å². The van der Waals surface area contributed by atoms with E-state index in [9.17, 15) is 4.79 Å². The Hall–Kier alpha value is -3.38. The zero-order valence-corrected chi connectivity index (χ0v) is 18.0. The zero-order valence-electron chi connectivity index (χ0n) is 18.0. The number of fused-ring (bicyclic) bond motifs is 1. The highest BCUT2D eigenvalue weighted by Crippen LogP contribution is 2.32. The van der Waals surface area contributed by atoms with E-state index in [1.807, 2.05) is 48.6 Å². The maximum absolute atomic E-state index is 13.2. The number of nitrogens with zero attached hydrogens (tertiary/aromatic N) is 3. The molecule has 158 valence electrons. The molecule has 0 bridgehead atoms. The van der Waals surface area contributed by atoms with Crippen LogP contribution in [0.2, 0.25) is 0 Å². The van der Waals surface area contributed by atoms with E-state index in [4.69, 9.17) is 4.42 Å². The van der Waals surface area contributed by atoms with Gasteiger partial charge in [0.1, 0.15) is 17.5 Å². The molecule has 0 saturated carbocycles. The topological polar surface area (TPSA) is 61.6 Å². The molecule has 1 fully saturated rings. The zero-order chi connectivity index (χ0) is 21.5. The number of nitrogens with one attached hydrogen (secondary N) is 1. The molecule has 0 aliphatic carbocycles. The quantitative estimate of drug-likeness (QED) is 0.686. The third kappa shape index (κ3) is 3.75. The number of amides is 1. The lowest BCUT2D eigenvalue weighted by Crippen LogP contribution is -2.47. The molecule has 1 amide bonds. The van der Waals surface area contributed by atoms with Crippen molar-refractivity contribution < 1.29 is 9.21 Å². The van der Waals surface area contributed by atoms with Gasteiger partial charge in [-0.1, -0.05) is 47.5 Å². The number of oxazole rings is 1. The third-order valence-corrected chi connectivity index (χ3v) is 6.07. The highest BCUT2D eigenvalue weighted by Gasteiger charge is 2.40. The van der Waals surface area contributed by atoms with E-state index in [1.165, 1.54) is 16.7 Å². The van der Waals surface area contributed by atoms with E-state index in [0.29, 0.717) is 12.4 Å². The second-order valence-electron chi connectivity index (χ2n) is 8.40. The SMILES string of the molecule is Cc1ccc(-c2nc(CN3C=CN4NC(c5ccc(C)cc5)CC4C3=O)c(C)o2)cc1. The normalized spacial score (nSPS) is 20.4. The van der Waals surface area contributed by atoms with E-state index in [2.05, 4.69) is 48.5 Å². The fourth-order valence-corrected chi connectivity index (χ4v) is 4.14. The maximum atomic E-state index is 13.2. The fraction of sp³-hybridized carbons (Fsp3) is 0.280. The van der Waals surface area contributed by atoms with Crippen LogP contribution in [0.15, 0.2) is 65.3 Å². The van der Waals surface area contributed by atoms with Crippen LogP contribution in [0.3, 0.4) is 0 Å². The van der Waals surface area contributed by atoms with Crippen LogP contribution in [0.5, 0.6) is 0 Å². The van der Waals surface area contributed by atoms with Gasteiger partial charge >= 0.3 is 0 Å². The highest BCUT2D eigenvalue weighted by molar-refractivity contribution is 5.84. The molecule has 2 aromatic carbocycles. The lowest BCUT2D eigenvalue weighted by molar-refractivity contribution is -0.135. The van der Waals surface area contributed by atoms with Crippen LogP contribution in [0.25, 0.3) is 11.5 Å². The van der Waals surface area contributed by atoms with Gasteiger partial charge in [-0.25, -0.2) is 10.4 Å². The summed E-state index contributed by atoms with van der Waals surface area (Å²) >= 11 is 0. The molecule has 3 aromatic rings. The predicted molar refractivity (Wildman–Crippen MR) is 118 cm³/mol. The molecule has 0 radical (unpaired) electrons. The van der Waals surface area contributed by atoms with E-state index >= 15 is 0 Å². The van der Waals surface area contributed by atoms with Gasteiger partial charge in [0.25, 0.3) is 5.91 Å². The van der Waals surface area contributed by atoms with Gasteiger partial charge in [0, 0.05) is 18.0 Å². The van der Waals surface area contributed by atoms with Crippen LogP contribution in [0.4, 0.5) is 0 Å². The van der Waals surface area contributed by atoms with Gasteiger partial charge in [0.15, 0.2) is 0 Å². The summed E-state index contributed by atoms with van der Waals surface area (Å²) in [5.41, 5.74) is 8.79. The smallest absolute Gasteiger partial charge is 0.251 e. The first-order valence-corrected chi connectivity index (χ1v) is 10.6. The van der Waals surface area contributed by atoms with Gasteiger partial charge in [-0.05, 0) is 44.9 Å². The van der Waals surface area contributed by atoms with E-state index in [0.717, 1.165) is 23.4 Å². The number of hydrogen-bond acceptors (Lipinski definition) is 5. The Bertz CT molecular complexity index is 1130. The van der Waals surface area contributed by atoms with Crippen molar-refractivity contribution in [3.63, 3.8) is 0 Å². The molecule has 31 heavy (non-hydrogen) atoms. The molecule has 1 saturated heterocycles. The number of aromatic nitrogens is 1. The first-order valence-electron chi connectivity index (χ1n) is 10.6. The Balaban J connectivity index is 1.31. The van der Waals surface area contributed by atoms with Crippen LogP contribution in [-0.4, -0.2) is 26.8 Å². The van der Waals surface area contributed by atoms with E-state index in [1.54, 1.807) is 4.90 Å². The number of carbonyl (C=O) groups is 1. The average Bonchev–Trinajstić information content (AvgIpc) is 3.36. The van der Waals surface area contributed by atoms with Crippen LogP contribution in [0, 0.1) is 20.8 Å². The molecule has 6 heteroatoms. The Morgan fingerprint density at radius 1 is 1.00 bits per heavy atom.